The predicted molar refractivity (Wildman–Crippen MR) is 86.0 cm³/mol. The van der Waals surface area contributed by atoms with Crippen molar-refractivity contribution in [2.24, 2.45) is 5.92 Å². The molecule has 21 heavy (non-hydrogen) atoms. The summed E-state index contributed by atoms with van der Waals surface area (Å²) in [7, 11) is 0. The average Bonchev–Trinajstić information content (AvgIpc) is 2.53. The van der Waals surface area contributed by atoms with Gasteiger partial charge in [0.25, 0.3) is 5.91 Å². The van der Waals surface area contributed by atoms with Crippen molar-refractivity contribution in [2.75, 3.05) is 30.8 Å². The maximum atomic E-state index is 12.4. The molecule has 0 saturated carbocycles. The third-order valence-electron chi connectivity index (χ3n) is 3.92. The second kappa shape index (κ2) is 7.66. The Balaban J connectivity index is 1.90. The highest BCUT2D eigenvalue weighted by Crippen LogP contribution is 2.19. The third-order valence-corrected chi connectivity index (χ3v) is 4.28. The Morgan fingerprint density at radius 3 is 2.57 bits per heavy atom. The molecule has 2 rings (SSSR count). The molecule has 1 aliphatic heterocycles. The zero-order valence-electron chi connectivity index (χ0n) is 12.4. The predicted octanol–water partition coefficient (Wildman–Crippen LogP) is 2.57. The van der Waals surface area contributed by atoms with Crippen LogP contribution in [0.2, 0.25) is 0 Å². The Bertz CT molecular complexity index is 456. The molecule has 1 fully saturated rings. The standard InChI is InChI=1S/C16H23ClN2O2/c1-12-6-8-19(9-7-12)16(21)13-2-4-14(5-3-13)18-11-15(20)10-17/h2-5,12,15,18,20H,6-11H2,1H3. The fourth-order valence-corrected chi connectivity index (χ4v) is 2.52. The lowest BCUT2D eigenvalue weighted by Crippen LogP contribution is -2.37. The summed E-state index contributed by atoms with van der Waals surface area (Å²) in [6.07, 6.45) is 1.60. The number of rotatable bonds is 5. The molecule has 1 saturated heterocycles. The van der Waals surface area contributed by atoms with Crippen molar-refractivity contribution in [3.8, 4) is 0 Å². The summed E-state index contributed by atoms with van der Waals surface area (Å²) in [5, 5.41) is 12.5. The molecule has 0 aliphatic carbocycles. The summed E-state index contributed by atoms with van der Waals surface area (Å²) >= 11 is 5.54. The summed E-state index contributed by atoms with van der Waals surface area (Å²) in [6, 6.07) is 7.38. The number of anilines is 1. The number of alkyl halides is 1. The van der Waals surface area contributed by atoms with Crippen LogP contribution in [0, 0.1) is 5.92 Å². The second-order valence-corrected chi connectivity index (χ2v) is 6.05. The molecule has 1 unspecified atom stereocenters. The van der Waals surface area contributed by atoms with Gasteiger partial charge in [-0.05, 0) is 43.0 Å². The van der Waals surface area contributed by atoms with Crippen molar-refractivity contribution in [3.63, 3.8) is 0 Å². The van der Waals surface area contributed by atoms with E-state index in [0.717, 1.165) is 31.6 Å². The molecular weight excluding hydrogens is 288 g/mol. The maximum absolute atomic E-state index is 12.4. The van der Waals surface area contributed by atoms with Crippen LogP contribution in [0.3, 0.4) is 0 Å². The van der Waals surface area contributed by atoms with Crippen molar-refractivity contribution >= 4 is 23.2 Å². The van der Waals surface area contributed by atoms with E-state index in [0.29, 0.717) is 18.0 Å². The lowest BCUT2D eigenvalue weighted by Gasteiger charge is -2.30. The monoisotopic (exact) mass is 310 g/mol. The zero-order chi connectivity index (χ0) is 15.2. The smallest absolute Gasteiger partial charge is 0.253 e. The topological polar surface area (TPSA) is 52.6 Å². The van der Waals surface area contributed by atoms with Gasteiger partial charge in [-0.3, -0.25) is 4.79 Å². The molecule has 0 bridgehead atoms. The van der Waals surface area contributed by atoms with Crippen LogP contribution < -0.4 is 5.32 Å². The SMILES string of the molecule is CC1CCN(C(=O)c2ccc(NCC(O)CCl)cc2)CC1. The number of hydrogen-bond donors (Lipinski definition) is 2. The molecular formula is C16H23ClN2O2. The molecule has 116 valence electrons. The Labute approximate surface area is 131 Å². The molecule has 4 nitrogen and oxygen atoms in total. The molecule has 2 N–H and O–H groups in total. The van der Waals surface area contributed by atoms with E-state index in [1.165, 1.54) is 0 Å². The number of carbonyl (C=O) groups excluding carboxylic acids is 1. The van der Waals surface area contributed by atoms with E-state index in [-0.39, 0.29) is 11.8 Å². The number of benzene rings is 1. The lowest BCUT2D eigenvalue weighted by atomic mass is 9.98. The molecule has 0 spiro atoms. The van der Waals surface area contributed by atoms with E-state index in [9.17, 15) is 9.90 Å². The number of amides is 1. The van der Waals surface area contributed by atoms with Gasteiger partial charge in [0.2, 0.25) is 0 Å². The van der Waals surface area contributed by atoms with Crippen molar-refractivity contribution < 1.29 is 9.90 Å². The number of aliphatic hydroxyl groups excluding tert-OH is 1. The first kappa shape index (κ1) is 16.1. The van der Waals surface area contributed by atoms with E-state index in [1.807, 2.05) is 29.2 Å². The summed E-state index contributed by atoms with van der Waals surface area (Å²) in [4.78, 5) is 14.3. The zero-order valence-corrected chi connectivity index (χ0v) is 13.1. The highest BCUT2D eigenvalue weighted by molar-refractivity contribution is 6.18. The quantitative estimate of drug-likeness (QED) is 0.822. The van der Waals surface area contributed by atoms with Crippen LogP contribution in [0.1, 0.15) is 30.1 Å². The van der Waals surface area contributed by atoms with Crippen LogP contribution in [-0.4, -0.2) is 47.5 Å². The van der Waals surface area contributed by atoms with Gasteiger partial charge in [-0.25, -0.2) is 0 Å². The first-order valence-electron chi connectivity index (χ1n) is 7.47. The minimum Gasteiger partial charge on any atom is -0.390 e. The van der Waals surface area contributed by atoms with Gasteiger partial charge in [-0.15, -0.1) is 11.6 Å². The van der Waals surface area contributed by atoms with Crippen molar-refractivity contribution in [3.05, 3.63) is 29.8 Å². The number of nitrogens with one attached hydrogen (secondary N) is 1. The minimum atomic E-state index is -0.566. The Morgan fingerprint density at radius 1 is 1.38 bits per heavy atom. The Kier molecular flexibility index (Phi) is 5.88. The lowest BCUT2D eigenvalue weighted by molar-refractivity contribution is 0.0697. The largest absolute Gasteiger partial charge is 0.390 e. The van der Waals surface area contributed by atoms with Gasteiger partial charge in [0.05, 0.1) is 12.0 Å². The van der Waals surface area contributed by atoms with Gasteiger partial charge >= 0.3 is 0 Å². The van der Waals surface area contributed by atoms with E-state index in [2.05, 4.69) is 12.2 Å². The molecule has 0 radical (unpaired) electrons. The van der Waals surface area contributed by atoms with E-state index < -0.39 is 6.10 Å². The highest BCUT2D eigenvalue weighted by atomic mass is 35.5. The molecule has 1 atom stereocenters. The number of piperidine rings is 1. The van der Waals surface area contributed by atoms with E-state index in [4.69, 9.17) is 11.6 Å². The Morgan fingerprint density at radius 2 is 2.00 bits per heavy atom. The number of carbonyl (C=O) groups is 1. The summed E-state index contributed by atoms with van der Waals surface area (Å²) in [6.45, 7) is 4.34. The van der Waals surface area contributed by atoms with Crippen LogP contribution in [0.4, 0.5) is 5.69 Å². The van der Waals surface area contributed by atoms with Gasteiger partial charge < -0.3 is 15.3 Å². The summed E-state index contributed by atoms with van der Waals surface area (Å²) in [5.74, 6) is 1.03. The van der Waals surface area contributed by atoms with Crippen LogP contribution in [0.15, 0.2) is 24.3 Å². The van der Waals surface area contributed by atoms with Crippen molar-refractivity contribution in [1.82, 2.24) is 4.90 Å². The first-order valence-corrected chi connectivity index (χ1v) is 8.01. The molecule has 1 aromatic rings. The van der Waals surface area contributed by atoms with Crippen LogP contribution in [0.5, 0.6) is 0 Å². The minimum absolute atomic E-state index is 0.106. The van der Waals surface area contributed by atoms with Crippen molar-refractivity contribution in [2.45, 2.75) is 25.9 Å². The number of aliphatic hydroxyl groups is 1. The normalized spacial score (nSPS) is 17.6. The molecule has 1 heterocycles. The fraction of sp³-hybridized carbons (Fsp3) is 0.562. The Hall–Kier alpha value is -1.26. The second-order valence-electron chi connectivity index (χ2n) is 5.74. The van der Waals surface area contributed by atoms with E-state index >= 15 is 0 Å². The van der Waals surface area contributed by atoms with Crippen molar-refractivity contribution in [1.29, 1.82) is 0 Å². The molecule has 5 heteroatoms. The number of likely N-dealkylation sites (tertiary alicyclic amines) is 1. The van der Waals surface area contributed by atoms with Crippen LogP contribution >= 0.6 is 11.6 Å². The maximum Gasteiger partial charge on any atom is 0.253 e. The first-order chi connectivity index (χ1) is 10.1. The molecule has 1 aliphatic rings. The third kappa shape index (κ3) is 4.61. The summed E-state index contributed by atoms with van der Waals surface area (Å²) in [5.41, 5.74) is 1.59. The number of nitrogens with zero attached hydrogens (tertiary/aromatic N) is 1. The van der Waals surface area contributed by atoms with Gasteiger partial charge in [0.1, 0.15) is 0 Å². The number of halogens is 1. The fourth-order valence-electron chi connectivity index (χ4n) is 2.42. The molecule has 0 aromatic heterocycles. The van der Waals surface area contributed by atoms with Gasteiger partial charge in [-0.1, -0.05) is 6.92 Å². The summed E-state index contributed by atoms with van der Waals surface area (Å²) < 4.78 is 0. The van der Waals surface area contributed by atoms with Crippen LogP contribution in [-0.2, 0) is 0 Å². The number of hydrogen-bond acceptors (Lipinski definition) is 3. The van der Waals surface area contributed by atoms with Crippen LogP contribution in [0.25, 0.3) is 0 Å². The average molecular weight is 311 g/mol. The highest BCUT2D eigenvalue weighted by Gasteiger charge is 2.21. The van der Waals surface area contributed by atoms with E-state index in [1.54, 1.807) is 0 Å². The molecule has 1 aromatic carbocycles. The van der Waals surface area contributed by atoms with Gasteiger partial charge in [0.15, 0.2) is 0 Å². The molecule has 1 amide bonds. The van der Waals surface area contributed by atoms with Gasteiger partial charge in [-0.2, -0.15) is 0 Å². The van der Waals surface area contributed by atoms with Gasteiger partial charge in [0, 0.05) is 30.9 Å².